The first-order chi connectivity index (χ1) is 11.5. The molecule has 0 aliphatic heterocycles. The Kier molecular flexibility index (Phi) is 5.85. The second-order valence-corrected chi connectivity index (χ2v) is 7.65. The minimum Gasteiger partial charge on any atom is -0.423 e. The molecule has 1 heterocycles. The zero-order valence-corrected chi connectivity index (χ0v) is 18.1. The monoisotopic (exact) mass is 577 g/mol. The Bertz CT molecular complexity index is 824. The third kappa shape index (κ3) is 4.14. The second kappa shape index (κ2) is 7.90. The molecule has 0 N–H and O–H groups in total. The summed E-state index contributed by atoms with van der Waals surface area (Å²) in [7, 11) is 0. The lowest BCUT2D eigenvalue weighted by atomic mass is 10.3. The van der Waals surface area contributed by atoms with Crippen LogP contribution in [-0.4, -0.2) is 15.0 Å². The number of aromatic nitrogens is 3. The van der Waals surface area contributed by atoms with Gasteiger partial charge in [-0.1, -0.05) is 12.1 Å². The van der Waals surface area contributed by atoms with Gasteiger partial charge >= 0.3 is 12.0 Å². The van der Waals surface area contributed by atoms with E-state index in [-0.39, 0.29) is 12.0 Å². The van der Waals surface area contributed by atoms with E-state index in [1.54, 1.807) is 12.1 Å². The van der Waals surface area contributed by atoms with Crippen LogP contribution in [0.5, 0.6) is 23.5 Å². The molecule has 0 saturated heterocycles. The van der Waals surface area contributed by atoms with E-state index in [0.29, 0.717) is 11.5 Å². The van der Waals surface area contributed by atoms with E-state index in [2.05, 4.69) is 78.7 Å². The highest BCUT2D eigenvalue weighted by Gasteiger charge is 2.11. The van der Waals surface area contributed by atoms with E-state index in [9.17, 15) is 0 Å². The number of benzene rings is 2. The standard InChI is InChI=1S/C15H7Br4N3O2/c16-8-3-1-5-10(12(8)18)23-14-20-7-21-15(22-14)24-11-6-2-4-9(17)13(11)19/h1-7H. The molecule has 1 aromatic heterocycles. The molecular formula is C15H7Br4N3O2. The SMILES string of the molecule is Brc1cccc(Oc2ncnc(Oc3cccc(Br)c3Br)n2)c1Br. The predicted octanol–water partition coefficient (Wildman–Crippen LogP) is 6.51. The van der Waals surface area contributed by atoms with Gasteiger partial charge in [-0.15, -0.1) is 4.98 Å². The predicted molar refractivity (Wildman–Crippen MR) is 104 cm³/mol. The molecule has 0 amide bonds. The van der Waals surface area contributed by atoms with Gasteiger partial charge in [0.15, 0.2) is 0 Å². The van der Waals surface area contributed by atoms with E-state index in [1.807, 2.05) is 24.3 Å². The van der Waals surface area contributed by atoms with E-state index < -0.39 is 0 Å². The summed E-state index contributed by atoms with van der Waals surface area (Å²) in [6, 6.07) is 11.3. The van der Waals surface area contributed by atoms with Gasteiger partial charge < -0.3 is 9.47 Å². The molecule has 5 nitrogen and oxygen atoms in total. The molecule has 2 aromatic carbocycles. The van der Waals surface area contributed by atoms with Gasteiger partial charge in [0, 0.05) is 8.95 Å². The van der Waals surface area contributed by atoms with Crippen LogP contribution in [0.25, 0.3) is 0 Å². The fraction of sp³-hybridized carbons (Fsp3) is 0. The Morgan fingerprint density at radius 2 is 1.12 bits per heavy atom. The van der Waals surface area contributed by atoms with Crippen molar-refractivity contribution in [2.45, 2.75) is 0 Å². The van der Waals surface area contributed by atoms with Gasteiger partial charge in [-0.3, -0.25) is 0 Å². The van der Waals surface area contributed by atoms with Crippen molar-refractivity contribution < 1.29 is 9.47 Å². The molecule has 0 unspecified atom stereocenters. The molecular weight excluding hydrogens is 574 g/mol. The minimum absolute atomic E-state index is 0.130. The number of rotatable bonds is 4. The summed E-state index contributed by atoms with van der Waals surface area (Å²) in [6.45, 7) is 0. The van der Waals surface area contributed by atoms with Crippen molar-refractivity contribution in [2.75, 3.05) is 0 Å². The number of halogens is 4. The topological polar surface area (TPSA) is 57.1 Å². The fourth-order valence-electron chi connectivity index (χ4n) is 1.69. The van der Waals surface area contributed by atoms with E-state index >= 15 is 0 Å². The van der Waals surface area contributed by atoms with Gasteiger partial charge in [-0.05, 0) is 88.0 Å². The molecule has 122 valence electrons. The van der Waals surface area contributed by atoms with Crippen LogP contribution >= 0.6 is 63.7 Å². The number of hydrogen-bond donors (Lipinski definition) is 0. The smallest absolute Gasteiger partial charge is 0.328 e. The van der Waals surface area contributed by atoms with Crippen LogP contribution in [0.15, 0.2) is 60.6 Å². The Hall–Kier alpha value is -1.03. The normalized spacial score (nSPS) is 10.5. The zero-order valence-electron chi connectivity index (χ0n) is 11.7. The Balaban J connectivity index is 1.84. The van der Waals surface area contributed by atoms with Gasteiger partial charge in [-0.25, -0.2) is 0 Å². The maximum absolute atomic E-state index is 5.68. The van der Waals surface area contributed by atoms with Crippen LogP contribution in [0.4, 0.5) is 0 Å². The molecule has 0 fully saturated rings. The van der Waals surface area contributed by atoms with Gasteiger partial charge in [0.05, 0.1) is 8.95 Å². The first kappa shape index (κ1) is 17.8. The van der Waals surface area contributed by atoms with Crippen molar-refractivity contribution in [3.63, 3.8) is 0 Å². The van der Waals surface area contributed by atoms with Gasteiger partial charge in [0.2, 0.25) is 0 Å². The highest BCUT2D eigenvalue weighted by atomic mass is 79.9. The number of ether oxygens (including phenoxy) is 2. The molecule has 0 saturated carbocycles. The zero-order chi connectivity index (χ0) is 17.1. The fourth-order valence-corrected chi connectivity index (χ4v) is 3.07. The van der Waals surface area contributed by atoms with E-state index in [4.69, 9.17) is 9.47 Å². The summed E-state index contributed by atoms with van der Waals surface area (Å²) in [5.41, 5.74) is 0. The summed E-state index contributed by atoms with van der Waals surface area (Å²) < 4.78 is 14.6. The number of hydrogen-bond acceptors (Lipinski definition) is 5. The van der Waals surface area contributed by atoms with Crippen LogP contribution in [0.3, 0.4) is 0 Å². The number of nitrogens with zero attached hydrogens (tertiary/aromatic N) is 3. The molecule has 0 spiro atoms. The van der Waals surface area contributed by atoms with Crippen molar-refractivity contribution in [1.29, 1.82) is 0 Å². The lowest BCUT2D eigenvalue weighted by molar-refractivity contribution is 0.394. The van der Waals surface area contributed by atoms with E-state index in [0.717, 1.165) is 17.9 Å². The summed E-state index contributed by atoms with van der Waals surface area (Å²) in [5.74, 6) is 1.15. The maximum atomic E-state index is 5.68. The van der Waals surface area contributed by atoms with Crippen molar-refractivity contribution in [3.8, 4) is 23.5 Å². The molecule has 0 radical (unpaired) electrons. The molecule has 24 heavy (non-hydrogen) atoms. The van der Waals surface area contributed by atoms with Crippen LogP contribution in [0.2, 0.25) is 0 Å². The maximum Gasteiger partial charge on any atom is 0.328 e. The molecule has 0 aliphatic rings. The first-order valence-corrected chi connectivity index (χ1v) is 9.64. The summed E-state index contributed by atoms with van der Waals surface area (Å²) in [5, 5.41) is 0. The Morgan fingerprint density at radius 3 is 1.58 bits per heavy atom. The van der Waals surface area contributed by atoms with Crippen LogP contribution in [-0.2, 0) is 0 Å². The van der Waals surface area contributed by atoms with Gasteiger partial charge in [-0.2, -0.15) is 9.97 Å². The van der Waals surface area contributed by atoms with Gasteiger partial charge in [0.1, 0.15) is 17.8 Å². The molecule has 3 rings (SSSR count). The van der Waals surface area contributed by atoms with Crippen LogP contribution in [0.1, 0.15) is 0 Å². The molecule has 0 atom stereocenters. The third-order valence-corrected chi connectivity index (χ3v) is 6.78. The Labute approximate surface area is 171 Å². The summed E-state index contributed by atoms with van der Waals surface area (Å²) >= 11 is 13.7. The molecule has 0 bridgehead atoms. The van der Waals surface area contributed by atoms with Crippen LogP contribution < -0.4 is 9.47 Å². The van der Waals surface area contributed by atoms with E-state index in [1.165, 1.54) is 6.33 Å². The lowest BCUT2D eigenvalue weighted by Gasteiger charge is -2.09. The summed E-state index contributed by atoms with van der Waals surface area (Å²) in [4.78, 5) is 12.2. The quantitative estimate of drug-likeness (QED) is 0.352. The first-order valence-electron chi connectivity index (χ1n) is 6.47. The average Bonchev–Trinajstić information content (AvgIpc) is 2.57. The van der Waals surface area contributed by atoms with Crippen molar-refractivity contribution >= 4 is 63.7 Å². The largest absolute Gasteiger partial charge is 0.423 e. The van der Waals surface area contributed by atoms with Crippen molar-refractivity contribution in [3.05, 3.63) is 60.6 Å². The molecule has 0 aliphatic carbocycles. The molecule has 9 heteroatoms. The highest BCUT2D eigenvalue weighted by molar-refractivity contribution is 9.13. The second-order valence-electron chi connectivity index (χ2n) is 4.36. The van der Waals surface area contributed by atoms with Crippen LogP contribution in [0, 0.1) is 0 Å². The minimum atomic E-state index is 0.130. The van der Waals surface area contributed by atoms with Crippen molar-refractivity contribution in [1.82, 2.24) is 15.0 Å². The molecule has 3 aromatic rings. The average molecular weight is 581 g/mol. The van der Waals surface area contributed by atoms with Crippen molar-refractivity contribution in [2.24, 2.45) is 0 Å². The van der Waals surface area contributed by atoms with Gasteiger partial charge in [0.25, 0.3) is 0 Å². The summed E-state index contributed by atoms with van der Waals surface area (Å²) in [6.07, 6.45) is 1.33. The lowest BCUT2D eigenvalue weighted by Crippen LogP contribution is -1.98. The Morgan fingerprint density at radius 1 is 0.667 bits per heavy atom. The highest BCUT2D eigenvalue weighted by Crippen LogP contribution is 2.36. The third-order valence-electron chi connectivity index (χ3n) is 2.76.